The molecule has 1 aliphatic carbocycles. The van der Waals surface area contributed by atoms with Gasteiger partial charge >= 0.3 is 0 Å². The lowest BCUT2D eigenvalue weighted by Crippen LogP contribution is -2.26. The molecule has 0 radical (unpaired) electrons. The van der Waals surface area contributed by atoms with Gasteiger partial charge in [-0.2, -0.15) is 5.26 Å². The molecule has 0 saturated heterocycles. The molecule has 1 aliphatic rings. The molecule has 0 N–H and O–H groups in total. The summed E-state index contributed by atoms with van der Waals surface area (Å²) in [6, 6.07) is 9.88. The average Bonchev–Trinajstić information content (AvgIpc) is 3.01. The molecule has 3 rings (SSSR count). The Balaban J connectivity index is 2.20. The van der Waals surface area contributed by atoms with Crippen LogP contribution in [0, 0.1) is 11.3 Å². The summed E-state index contributed by atoms with van der Waals surface area (Å²) in [4.78, 5) is 17.5. The van der Waals surface area contributed by atoms with Gasteiger partial charge < -0.3 is 0 Å². The third-order valence-electron chi connectivity index (χ3n) is 3.93. The number of aromatic nitrogens is 2. The highest BCUT2D eigenvalue weighted by molar-refractivity contribution is 8.00. The van der Waals surface area contributed by atoms with Gasteiger partial charge in [-0.05, 0) is 31.9 Å². The van der Waals surface area contributed by atoms with E-state index >= 15 is 0 Å². The Morgan fingerprint density at radius 3 is 2.81 bits per heavy atom. The van der Waals surface area contributed by atoms with Crippen LogP contribution in [0.2, 0.25) is 0 Å². The third kappa shape index (κ3) is 2.68. The van der Waals surface area contributed by atoms with E-state index in [0.717, 1.165) is 25.7 Å². The summed E-state index contributed by atoms with van der Waals surface area (Å²) in [6.07, 6.45) is 4.35. The number of fused-ring (bicyclic) bond motifs is 1. The molecular weight excluding hydrogens is 282 g/mol. The summed E-state index contributed by atoms with van der Waals surface area (Å²) >= 11 is 1.38. The zero-order chi connectivity index (χ0) is 14.8. The molecule has 1 atom stereocenters. The van der Waals surface area contributed by atoms with Crippen molar-refractivity contribution in [2.75, 3.05) is 0 Å². The second-order valence-corrected chi connectivity index (χ2v) is 6.72. The Morgan fingerprint density at radius 1 is 1.38 bits per heavy atom. The first-order chi connectivity index (χ1) is 10.2. The maximum Gasteiger partial charge on any atom is 0.262 e. The van der Waals surface area contributed by atoms with E-state index in [9.17, 15) is 4.79 Å². The molecule has 1 heterocycles. The average molecular weight is 299 g/mol. The quantitative estimate of drug-likeness (QED) is 0.643. The molecule has 0 amide bonds. The molecule has 4 nitrogen and oxygen atoms in total. The number of benzene rings is 1. The number of nitrogens with zero attached hydrogens (tertiary/aromatic N) is 3. The van der Waals surface area contributed by atoms with E-state index in [4.69, 9.17) is 5.26 Å². The molecule has 1 aromatic carbocycles. The first-order valence-corrected chi connectivity index (χ1v) is 8.16. The van der Waals surface area contributed by atoms with Crippen molar-refractivity contribution in [2.24, 2.45) is 0 Å². The van der Waals surface area contributed by atoms with Crippen molar-refractivity contribution in [1.82, 2.24) is 9.55 Å². The smallest absolute Gasteiger partial charge is 0.262 e. The monoisotopic (exact) mass is 299 g/mol. The minimum Gasteiger partial charge on any atom is -0.284 e. The van der Waals surface area contributed by atoms with Crippen molar-refractivity contribution < 1.29 is 0 Å². The van der Waals surface area contributed by atoms with Crippen LogP contribution in [0.4, 0.5) is 0 Å². The van der Waals surface area contributed by atoms with Crippen LogP contribution in [0.15, 0.2) is 34.2 Å². The minimum absolute atomic E-state index is 0.0279. The first-order valence-electron chi connectivity index (χ1n) is 7.28. The molecule has 5 heteroatoms. The van der Waals surface area contributed by atoms with Gasteiger partial charge in [0.25, 0.3) is 5.56 Å². The molecular formula is C16H17N3OS. The van der Waals surface area contributed by atoms with Gasteiger partial charge in [0.15, 0.2) is 5.16 Å². The van der Waals surface area contributed by atoms with E-state index < -0.39 is 0 Å². The van der Waals surface area contributed by atoms with Crippen molar-refractivity contribution in [3.8, 4) is 6.07 Å². The maximum absolute atomic E-state index is 12.8. The van der Waals surface area contributed by atoms with E-state index in [2.05, 4.69) is 11.1 Å². The van der Waals surface area contributed by atoms with E-state index in [-0.39, 0.29) is 16.9 Å². The van der Waals surface area contributed by atoms with Gasteiger partial charge in [-0.15, -0.1) is 0 Å². The van der Waals surface area contributed by atoms with Gasteiger partial charge in [-0.1, -0.05) is 36.7 Å². The number of hydrogen-bond donors (Lipinski definition) is 0. The fraction of sp³-hybridized carbons (Fsp3) is 0.438. The highest BCUT2D eigenvalue weighted by Crippen LogP contribution is 2.33. The maximum atomic E-state index is 12.8. The van der Waals surface area contributed by atoms with Crippen LogP contribution in [0.25, 0.3) is 10.9 Å². The van der Waals surface area contributed by atoms with Gasteiger partial charge in [0.2, 0.25) is 0 Å². The highest BCUT2D eigenvalue weighted by atomic mass is 32.2. The van der Waals surface area contributed by atoms with Crippen molar-refractivity contribution in [3.63, 3.8) is 0 Å². The molecule has 1 saturated carbocycles. The van der Waals surface area contributed by atoms with E-state index in [1.165, 1.54) is 11.8 Å². The predicted molar refractivity (Wildman–Crippen MR) is 84.4 cm³/mol. The topological polar surface area (TPSA) is 58.7 Å². The van der Waals surface area contributed by atoms with Gasteiger partial charge in [0.1, 0.15) is 0 Å². The SMILES string of the molecule is C[C@H](C#N)Sc1nc2ccccc2c(=O)n1C1CCCC1. The molecule has 0 aliphatic heterocycles. The number of para-hydroxylation sites is 1. The lowest BCUT2D eigenvalue weighted by atomic mass is 10.2. The normalized spacial score (nSPS) is 17.0. The molecule has 108 valence electrons. The van der Waals surface area contributed by atoms with Gasteiger partial charge in [-0.25, -0.2) is 4.98 Å². The molecule has 21 heavy (non-hydrogen) atoms. The van der Waals surface area contributed by atoms with Crippen LogP contribution in [0.1, 0.15) is 38.6 Å². The lowest BCUT2D eigenvalue weighted by molar-refractivity contribution is 0.457. The van der Waals surface area contributed by atoms with Crippen molar-refractivity contribution >= 4 is 22.7 Å². The minimum atomic E-state index is -0.217. The van der Waals surface area contributed by atoms with Crippen LogP contribution in [0.3, 0.4) is 0 Å². The predicted octanol–water partition coefficient (Wildman–Crippen LogP) is 3.52. The zero-order valence-corrected chi connectivity index (χ0v) is 12.8. The van der Waals surface area contributed by atoms with Crippen LogP contribution in [0.5, 0.6) is 0 Å². The molecule has 2 aromatic rings. The van der Waals surface area contributed by atoms with Crippen molar-refractivity contribution in [1.29, 1.82) is 5.26 Å². The zero-order valence-electron chi connectivity index (χ0n) is 12.0. The van der Waals surface area contributed by atoms with Crippen LogP contribution >= 0.6 is 11.8 Å². The Labute approximate surface area is 127 Å². The number of rotatable bonds is 3. The summed E-state index contributed by atoms with van der Waals surface area (Å²) in [5, 5.41) is 10.2. The highest BCUT2D eigenvalue weighted by Gasteiger charge is 2.23. The standard InChI is InChI=1S/C16H17N3OS/c1-11(10-17)21-16-18-14-9-5-4-8-13(14)15(20)19(16)12-6-2-3-7-12/h4-5,8-9,11-12H,2-3,6-7H2,1H3/t11-/m1/s1. The fourth-order valence-electron chi connectivity index (χ4n) is 2.88. The molecule has 1 aromatic heterocycles. The molecule has 0 unspecified atom stereocenters. The van der Waals surface area contributed by atoms with Gasteiger partial charge in [-0.3, -0.25) is 9.36 Å². The first kappa shape index (κ1) is 14.2. The summed E-state index contributed by atoms with van der Waals surface area (Å²) in [6.45, 7) is 1.84. The van der Waals surface area contributed by atoms with Crippen LogP contribution in [-0.4, -0.2) is 14.8 Å². The Morgan fingerprint density at radius 2 is 2.10 bits per heavy atom. The van der Waals surface area contributed by atoms with Gasteiger partial charge in [0.05, 0.1) is 22.2 Å². The van der Waals surface area contributed by atoms with E-state index in [1.54, 1.807) is 0 Å². The Hall–Kier alpha value is -1.80. The van der Waals surface area contributed by atoms with Crippen molar-refractivity contribution in [2.45, 2.75) is 49.1 Å². The summed E-state index contributed by atoms with van der Waals surface area (Å²) in [5.41, 5.74) is 0.740. The number of hydrogen-bond acceptors (Lipinski definition) is 4. The molecule has 0 spiro atoms. The van der Waals surface area contributed by atoms with Crippen molar-refractivity contribution in [3.05, 3.63) is 34.6 Å². The number of thioether (sulfide) groups is 1. The second-order valence-electron chi connectivity index (χ2n) is 5.41. The Kier molecular flexibility index (Phi) is 3.98. The van der Waals surface area contributed by atoms with Gasteiger partial charge in [0, 0.05) is 6.04 Å². The molecule has 0 bridgehead atoms. The fourth-order valence-corrected chi connectivity index (χ4v) is 3.74. The Bertz CT molecular complexity index is 756. The summed E-state index contributed by atoms with van der Waals surface area (Å²) < 4.78 is 1.83. The largest absolute Gasteiger partial charge is 0.284 e. The lowest BCUT2D eigenvalue weighted by Gasteiger charge is -2.19. The third-order valence-corrected chi connectivity index (χ3v) is 4.89. The molecule has 1 fully saturated rings. The van der Waals surface area contributed by atoms with Crippen LogP contribution < -0.4 is 5.56 Å². The number of nitriles is 1. The van der Waals surface area contributed by atoms with E-state index in [0.29, 0.717) is 16.1 Å². The summed E-state index contributed by atoms with van der Waals surface area (Å²) in [7, 11) is 0. The summed E-state index contributed by atoms with van der Waals surface area (Å²) in [5.74, 6) is 0. The van der Waals surface area contributed by atoms with Crippen LogP contribution in [-0.2, 0) is 0 Å². The second kappa shape index (κ2) is 5.90. The van der Waals surface area contributed by atoms with E-state index in [1.807, 2.05) is 35.8 Å².